The van der Waals surface area contributed by atoms with Crippen molar-refractivity contribution in [2.45, 2.75) is 38.3 Å². The fourth-order valence-electron chi connectivity index (χ4n) is 2.18. The molecule has 0 spiro atoms. The number of carbonyl (C=O) groups is 1. The fourth-order valence-corrected chi connectivity index (χ4v) is 2.18. The van der Waals surface area contributed by atoms with E-state index in [4.69, 9.17) is 0 Å². The molecule has 0 N–H and O–H groups in total. The standard InChI is InChI=1S/C14H14FN3O3/c1-14(2,8-16)17(9-3-4-9)13(19)11-7-10(18(20)21)5-6-12(11)15/h5-7,9H,3-4H2,1-2H3. The van der Waals surface area contributed by atoms with Crippen molar-refractivity contribution in [1.82, 2.24) is 4.90 Å². The number of rotatable bonds is 4. The van der Waals surface area contributed by atoms with Crippen molar-refractivity contribution in [2.24, 2.45) is 0 Å². The summed E-state index contributed by atoms with van der Waals surface area (Å²) in [4.78, 5) is 23.9. The molecule has 0 saturated heterocycles. The maximum absolute atomic E-state index is 13.9. The second-order valence-electron chi connectivity index (χ2n) is 5.50. The molecule has 1 aromatic rings. The van der Waals surface area contributed by atoms with E-state index in [1.165, 1.54) is 4.90 Å². The number of nitriles is 1. The molecule has 2 rings (SSSR count). The van der Waals surface area contributed by atoms with Gasteiger partial charge in [-0.15, -0.1) is 0 Å². The Kier molecular flexibility index (Phi) is 3.64. The van der Waals surface area contributed by atoms with E-state index in [0.717, 1.165) is 31.0 Å². The van der Waals surface area contributed by atoms with E-state index < -0.39 is 22.2 Å². The quantitative estimate of drug-likeness (QED) is 0.630. The Morgan fingerprint density at radius 1 is 1.52 bits per heavy atom. The highest BCUT2D eigenvalue weighted by atomic mass is 19.1. The first-order chi connectivity index (χ1) is 9.77. The van der Waals surface area contributed by atoms with Crippen LogP contribution in [0.5, 0.6) is 0 Å². The molecule has 7 heteroatoms. The Morgan fingerprint density at radius 3 is 2.62 bits per heavy atom. The summed E-state index contributed by atoms with van der Waals surface area (Å²) in [6, 6.07) is 4.72. The number of benzene rings is 1. The van der Waals surface area contributed by atoms with Gasteiger partial charge < -0.3 is 4.90 Å². The van der Waals surface area contributed by atoms with Gasteiger partial charge in [0.25, 0.3) is 11.6 Å². The summed E-state index contributed by atoms with van der Waals surface area (Å²) in [6.45, 7) is 3.14. The highest BCUT2D eigenvalue weighted by Gasteiger charge is 2.43. The van der Waals surface area contributed by atoms with Crippen LogP contribution in [-0.2, 0) is 0 Å². The number of hydrogen-bond acceptors (Lipinski definition) is 4. The summed E-state index contributed by atoms with van der Waals surface area (Å²) in [6.07, 6.45) is 1.49. The molecule has 1 aliphatic carbocycles. The lowest BCUT2D eigenvalue weighted by atomic mass is 10.0. The second-order valence-corrected chi connectivity index (χ2v) is 5.50. The van der Waals surface area contributed by atoms with Crippen molar-refractivity contribution < 1.29 is 14.1 Å². The number of non-ortho nitro benzene ring substituents is 1. The minimum atomic E-state index is -1.10. The highest BCUT2D eigenvalue weighted by Crippen LogP contribution is 2.34. The van der Waals surface area contributed by atoms with Crippen LogP contribution in [0.15, 0.2) is 18.2 Å². The molecular weight excluding hydrogens is 277 g/mol. The SMILES string of the molecule is CC(C)(C#N)N(C(=O)c1cc([N+](=O)[O-])ccc1F)C1CC1. The van der Waals surface area contributed by atoms with Gasteiger partial charge in [-0.25, -0.2) is 4.39 Å². The molecule has 0 heterocycles. The smallest absolute Gasteiger partial charge is 0.270 e. The zero-order valence-corrected chi connectivity index (χ0v) is 11.7. The first-order valence-corrected chi connectivity index (χ1v) is 6.47. The summed E-state index contributed by atoms with van der Waals surface area (Å²) >= 11 is 0. The average Bonchev–Trinajstić information content (AvgIpc) is 3.23. The molecule has 110 valence electrons. The summed E-state index contributed by atoms with van der Waals surface area (Å²) in [5.41, 5.74) is -1.83. The van der Waals surface area contributed by atoms with Crippen molar-refractivity contribution in [3.8, 4) is 6.07 Å². The lowest BCUT2D eigenvalue weighted by Crippen LogP contribution is -2.48. The molecule has 1 amide bonds. The Hall–Kier alpha value is -2.49. The third kappa shape index (κ3) is 2.84. The molecule has 1 aliphatic rings. The molecule has 0 aromatic heterocycles. The Bertz CT molecular complexity index is 647. The molecule has 1 fully saturated rings. The number of nitro benzene ring substituents is 1. The van der Waals surface area contributed by atoms with Gasteiger partial charge in [0.15, 0.2) is 0 Å². The Labute approximate surface area is 120 Å². The van der Waals surface area contributed by atoms with Gasteiger partial charge in [-0.05, 0) is 32.8 Å². The molecule has 1 aromatic carbocycles. The minimum Gasteiger partial charge on any atom is -0.317 e. The molecule has 0 unspecified atom stereocenters. The molecule has 0 bridgehead atoms. The normalized spacial score (nSPS) is 14.4. The highest BCUT2D eigenvalue weighted by molar-refractivity contribution is 5.96. The summed E-state index contributed by atoms with van der Waals surface area (Å²) in [5, 5.41) is 20.0. The van der Waals surface area contributed by atoms with Crippen LogP contribution in [0, 0.1) is 27.3 Å². The molecule has 21 heavy (non-hydrogen) atoms. The zero-order valence-electron chi connectivity index (χ0n) is 11.7. The van der Waals surface area contributed by atoms with Crippen LogP contribution in [-0.4, -0.2) is 27.3 Å². The third-order valence-electron chi connectivity index (χ3n) is 3.40. The van der Waals surface area contributed by atoms with Gasteiger partial charge in [-0.2, -0.15) is 5.26 Å². The number of nitro groups is 1. The van der Waals surface area contributed by atoms with Crippen molar-refractivity contribution in [1.29, 1.82) is 5.26 Å². The van der Waals surface area contributed by atoms with Crippen LogP contribution in [0.2, 0.25) is 0 Å². The minimum absolute atomic E-state index is 0.120. The zero-order chi connectivity index (χ0) is 15.8. The van der Waals surface area contributed by atoms with E-state index in [9.17, 15) is 24.6 Å². The average molecular weight is 291 g/mol. The van der Waals surface area contributed by atoms with Crippen molar-refractivity contribution in [3.63, 3.8) is 0 Å². The Morgan fingerprint density at radius 2 is 2.14 bits per heavy atom. The number of halogens is 1. The van der Waals surface area contributed by atoms with E-state index in [1.54, 1.807) is 13.8 Å². The van der Waals surface area contributed by atoms with Crippen molar-refractivity contribution in [2.75, 3.05) is 0 Å². The lowest BCUT2D eigenvalue weighted by Gasteiger charge is -2.33. The van der Waals surface area contributed by atoms with E-state index >= 15 is 0 Å². The number of carbonyl (C=O) groups excluding carboxylic acids is 1. The van der Waals surface area contributed by atoms with Crippen LogP contribution < -0.4 is 0 Å². The van der Waals surface area contributed by atoms with Crippen LogP contribution in [0.25, 0.3) is 0 Å². The van der Waals surface area contributed by atoms with Gasteiger partial charge >= 0.3 is 0 Å². The van der Waals surface area contributed by atoms with Gasteiger partial charge in [0.05, 0.1) is 16.6 Å². The van der Waals surface area contributed by atoms with Crippen LogP contribution in [0.1, 0.15) is 37.0 Å². The number of nitrogens with zero attached hydrogens (tertiary/aromatic N) is 3. The van der Waals surface area contributed by atoms with Crippen molar-refractivity contribution in [3.05, 3.63) is 39.7 Å². The fraction of sp³-hybridized carbons (Fsp3) is 0.429. The molecule has 1 saturated carbocycles. The summed E-state index contributed by atoms with van der Waals surface area (Å²) in [7, 11) is 0. The number of amides is 1. The molecule has 0 aliphatic heterocycles. The van der Waals surface area contributed by atoms with Gasteiger partial charge in [-0.3, -0.25) is 14.9 Å². The molecular formula is C14H14FN3O3. The predicted octanol–water partition coefficient (Wildman–Crippen LogP) is 2.64. The first kappa shape index (κ1) is 14.9. The second kappa shape index (κ2) is 5.13. The maximum Gasteiger partial charge on any atom is 0.270 e. The van der Waals surface area contributed by atoms with Gasteiger partial charge in [-0.1, -0.05) is 0 Å². The van der Waals surface area contributed by atoms with Gasteiger partial charge in [0, 0.05) is 18.2 Å². The predicted molar refractivity (Wildman–Crippen MR) is 71.9 cm³/mol. The first-order valence-electron chi connectivity index (χ1n) is 6.47. The van der Waals surface area contributed by atoms with Crippen LogP contribution >= 0.6 is 0 Å². The van der Waals surface area contributed by atoms with Gasteiger partial charge in [0.1, 0.15) is 11.4 Å². The summed E-state index contributed by atoms with van der Waals surface area (Å²) in [5.74, 6) is -1.52. The van der Waals surface area contributed by atoms with E-state index in [1.807, 2.05) is 6.07 Å². The molecule has 0 radical (unpaired) electrons. The molecule has 0 atom stereocenters. The van der Waals surface area contributed by atoms with Crippen LogP contribution in [0.3, 0.4) is 0 Å². The lowest BCUT2D eigenvalue weighted by molar-refractivity contribution is -0.384. The van der Waals surface area contributed by atoms with E-state index in [2.05, 4.69) is 0 Å². The van der Waals surface area contributed by atoms with Gasteiger partial charge in [0.2, 0.25) is 0 Å². The third-order valence-corrected chi connectivity index (χ3v) is 3.40. The van der Waals surface area contributed by atoms with Crippen LogP contribution in [0.4, 0.5) is 10.1 Å². The largest absolute Gasteiger partial charge is 0.317 e. The summed E-state index contributed by atoms with van der Waals surface area (Å²) < 4.78 is 13.9. The molecule has 6 nitrogen and oxygen atoms in total. The Balaban J connectivity index is 2.45. The number of hydrogen-bond donors (Lipinski definition) is 0. The van der Waals surface area contributed by atoms with Crippen molar-refractivity contribution >= 4 is 11.6 Å². The van der Waals surface area contributed by atoms with E-state index in [-0.39, 0.29) is 17.3 Å². The monoisotopic (exact) mass is 291 g/mol. The maximum atomic E-state index is 13.9. The van der Waals surface area contributed by atoms with E-state index in [0.29, 0.717) is 0 Å². The topological polar surface area (TPSA) is 87.2 Å².